The molecule has 2 aliphatic rings. The highest BCUT2D eigenvalue weighted by atomic mass is 79.9. The van der Waals surface area contributed by atoms with E-state index in [1.807, 2.05) is 18.5 Å². The van der Waals surface area contributed by atoms with Crippen molar-refractivity contribution in [1.82, 2.24) is 15.3 Å². The van der Waals surface area contributed by atoms with Crippen molar-refractivity contribution in [3.63, 3.8) is 0 Å². The van der Waals surface area contributed by atoms with Crippen LogP contribution in [-0.4, -0.2) is 35.1 Å². The Kier molecular flexibility index (Phi) is 2.98. The minimum atomic E-state index is 0.150. The number of nitrogens with zero attached hydrogens (tertiary/aromatic N) is 3. The number of halogens is 1. The molecule has 0 radical (unpaired) electrons. The van der Waals surface area contributed by atoms with E-state index in [9.17, 15) is 0 Å². The van der Waals surface area contributed by atoms with Crippen molar-refractivity contribution in [3.8, 4) is 0 Å². The number of nitrogens with one attached hydrogen (secondary N) is 1. The smallest absolute Gasteiger partial charge is 0.112 e. The van der Waals surface area contributed by atoms with Crippen LogP contribution in [0.25, 0.3) is 11.0 Å². The summed E-state index contributed by atoms with van der Waals surface area (Å²) in [5.41, 5.74) is 3.32. The van der Waals surface area contributed by atoms with E-state index < -0.39 is 0 Å². The molecule has 0 spiro atoms. The van der Waals surface area contributed by atoms with E-state index >= 15 is 0 Å². The summed E-state index contributed by atoms with van der Waals surface area (Å²) in [5, 5.41) is 3.54. The molecule has 4 heterocycles. The number of pyridine rings is 2. The number of aromatic nitrogens is 2. The maximum atomic E-state index is 4.62. The quantitative estimate of drug-likeness (QED) is 0.861. The minimum absolute atomic E-state index is 0.150. The topological polar surface area (TPSA) is 41.0 Å². The first-order chi connectivity index (χ1) is 10.1. The van der Waals surface area contributed by atoms with Crippen LogP contribution in [0.1, 0.15) is 13.8 Å². The van der Waals surface area contributed by atoms with Gasteiger partial charge < -0.3 is 10.2 Å². The standard InChI is InChI=1S/C16H19BrN4/c1-16(2)12-8-18-6-10(12)9-21(16)14-3-4-19-13-5-11(17)7-20-15(13)14/h3-5,7,10,12,18H,6,8-9H2,1-2H3. The highest BCUT2D eigenvalue weighted by Gasteiger charge is 2.49. The van der Waals surface area contributed by atoms with E-state index in [0.29, 0.717) is 5.92 Å². The first kappa shape index (κ1) is 13.5. The van der Waals surface area contributed by atoms with Crippen molar-refractivity contribution in [1.29, 1.82) is 0 Å². The Bertz CT molecular complexity index is 700. The van der Waals surface area contributed by atoms with Crippen LogP contribution in [0.4, 0.5) is 5.69 Å². The number of hydrogen-bond acceptors (Lipinski definition) is 4. The third-order valence-electron chi connectivity index (χ3n) is 5.17. The maximum absolute atomic E-state index is 4.62. The molecule has 5 heteroatoms. The van der Waals surface area contributed by atoms with Crippen LogP contribution < -0.4 is 10.2 Å². The Labute approximate surface area is 133 Å². The molecule has 0 aliphatic carbocycles. The van der Waals surface area contributed by atoms with Gasteiger partial charge in [-0.15, -0.1) is 0 Å². The summed E-state index contributed by atoms with van der Waals surface area (Å²) in [4.78, 5) is 11.6. The largest absolute Gasteiger partial charge is 0.364 e. The molecular formula is C16H19BrN4. The van der Waals surface area contributed by atoms with Gasteiger partial charge in [0.15, 0.2) is 0 Å². The number of rotatable bonds is 1. The molecule has 2 fully saturated rings. The third-order valence-corrected chi connectivity index (χ3v) is 5.61. The van der Waals surface area contributed by atoms with Crippen LogP contribution in [0.15, 0.2) is 29.0 Å². The highest BCUT2D eigenvalue weighted by Crippen LogP contribution is 2.44. The summed E-state index contributed by atoms with van der Waals surface area (Å²) in [7, 11) is 0. The lowest BCUT2D eigenvalue weighted by Crippen LogP contribution is -2.44. The van der Waals surface area contributed by atoms with Gasteiger partial charge in [-0.3, -0.25) is 9.97 Å². The molecule has 4 nitrogen and oxygen atoms in total. The summed E-state index contributed by atoms with van der Waals surface area (Å²) in [5.74, 6) is 1.44. The van der Waals surface area contributed by atoms with Gasteiger partial charge in [-0.1, -0.05) is 0 Å². The molecule has 1 N–H and O–H groups in total. The molecule has 110 valence electrons. The fourth-order valence-corrected chi connectivity index (χ4v) is 4.36. The van der Waals surface area contributed by atoms with E-state index in [-0.39, 0.29) is 5.54 Å². The SMILES string of the molecule is CC1(C)C2CNCC2CN1c1ccnc2cc(Br)cnc12. The van der Waals surface area contributed by atoms with Crippen LogP contribution in [0.2, 0.25) is 0 Å². The Hall–Kier alpha value is -1.20. The maximum Gasteiger partial charge on any atom is 0.112 e. The first-order valence-electron chi connectivity index (χ1n) is 7.46. The van der Waals surface area contributed by atoms with Gasteiger partial charge in [-0.25, -0.2) is 0 Å². The molecule has 2 saturated heterocycles. The molecule has 2 atom stereocenters. The van der Waals surface area contributed by atoms with Crippen molar-refractivity contribution in [2.75, 3.05) is 24.5 Å². The second-order valence-corrected chi connectivity index (χ2v) is 7.56. The van der Waals surface area contributed by atoms with Crippen molar-refractivity contribution >= 4 is 32.7 Å². The fraction of sp³-hybridized carbons (Fsp3) is 0.500. The van der Waals surface area contributed by atoms with E-state index in [4.69, 9.17) is 0 Å². The molecule has 2 aromatic heterocycles. The third kappa shape index (κ3) is 1.98. The Morgan fingerprint density at radius 3 is 3.00 bits per heavy atom. The normalized spacial score (nSPS) is 27.3. The Balaban J connectivity index is 1.84. The predicted octanol–water partition coefficient (Wildman–Crippen LogP) is 2.83. The number of anilines is 1. The van der Waals surface area contributed by atoms with Gasteiger partial charge in [-0.2, -0.15) is 0 Å². The van der Waals surface area contributed by atoms with Crippen LogP contribution in [0.5, 0.6) is 0 Å². The summed E-state index contributed by atoms with van der Waals surface area (Å²) in [6.45, 7) is 8.07. The van der Waals surface area contributed by atoms with Gasteiger partial charge in [0.05, 0.1) is 11.2 Å². The van der Waals surface area contributed by atoms with Gasteiger partial charge in [0.2, 0.25) is 0 Å². The Morgan fingerprint density at radius 2 is 2.19 bits per heavy atom. The van der Waals surface area contributed by atoms with E-state index in [2.05, 4.69) is 56.0 Å². The first-order valence-corrected chi connectivity index (χ1v) is 8.25. The van der Waals surface area contributed by atoms with Crippen LogP contribution >= 0.6 is 15.9 Å². The average Bonchev–Trinajstić information content (AvgIpc) is 3.00. The molecular weight excluding hydrogens is 328 g/mol. The molecule has 2 aromatic rings. The molecule has 0 amide bonds. The van der Waals surface area contributed by atoms with Gasteiger partial charge in [0.1, 0.15) is 5.52 Å². The van der Waals surface area contributed by atoms with Crippen molar-refractivity contribution < 1.29 is 0 Å². The zero-order valence-corrected chi connectivity index (χ0v) is 13.9. The number of hydrogen-bond donors (Lipinski definition) is 1. The summed E-state index contributed by atoms with van der Waals surface area (Å²) in [6, 6.07) is 4.15. The summed E-state index contributed by atoms with van der Waals surface area (Å²) < 4.78 is 0.974. The van der Waals surface area contributed by atoms with Gasteiger partial charge in [-0.05, 0) is 53.7 Å². The highest BCUT2D eigenvalue weighted by molar-refractivity contribution is 9.10. The molecule has 2 aliphatic heterocycles. The van der Waals surface area contributed by atoms with Crippen LogP contribution in [-0.2, 0) is 0 Å². The minimum Gasteiger partial charge on any atom is -0.364 e. The average molecular weight is 347 g/mol. The molecule has 0 saturated carbocycles. The van der Waals surface area contributed by atoms with Gasteiger partial charge >= 0.3 is 0 Å². The van der Waals surface area contributed by atoms with Crippen LogP contribution in [0, 0.1) is 11.8 Å². The lowest BCUT2D eigenvalue weighted by atomic mass is 9.84. The molecule has 21 heavy (non-hydrogen) atoms. The summed E-state index contributed by atoms with van der Waals surface area (Å²) in [6.07, 6.45) is 3.76. The monoisotopic (exact) mass is 346 g/mol. The van der Waals surface area contributed by atoms with Crippen molar-refractivity contribution in [2.24, 2.45) is 11.8 Å². The number of fused-ring (bicyclic) bond motifs is 2. The van der Waals surface area contributed by atoms with E-state index in [1.54, 1.807) is 0 Å². The lowest BCUT2D eigenvalue weighted by molar-refractivity contribution is 0.357. The molecule has 2 unspecified atom stereocenters. The zero-order valence-electron chi connectivity index (χ0n) is 12.3. The van der Waals surface area contributed by atoms with Gasteiger partial charge in [0, 0.05) is 42.0 Å². The second-order valence-electron chi connectivity index (χ2n) is 6.64. The van der Waals surface area contributed by atoms with Crippen molar-refractivity contribution in [3.05, 3.63) is 29.0 Å². The van der Waals surface area contributed by atoms with Crippen molar-refractivity contribution in [2.45, 2.75) is 19.4 Å². The molecule has 0 bridgehead atoms. The lowest BCUT2D eigenvalue weighted by Gasteiger charge is -2.37. The van der Waals surface area contributed by atoms with E-state index in [1.165, 1.54) is 5.69 Å². The predicted molar refractivity (Wildman–Crippen MR) is 88.5 cm³/mol. The zero-order chi connectivity index (χ0) is 14.6. The summed E-state index contributed by atoms with van der Waals surface area (Å²) >= 11 is 3.48. The van der Waals surface area contributed by atoms with Gasteiger partial charge in [0.25, 0.3) is 0 Å². The second kappa shape index (κ2) is 4.65. The Morgan fingerprint density at radius 1 is 1.33 bits per heavy atom. The van der Waals surface area contributed by atoms with E-state index in [0.717, 1.165) is 41.1 Å². The molecule has 4 rings (SSSR count). The molecule has 0 aromatic carbocycles. The fourth-order valence-electron chi connectivity index (χ4n) is 4.04. The van der Waals surface area contributed by atoms with Crippen LogP contribution in [0.3, 0.4) is 0 Å².